The van der Waals surface area contributed by atoms with Crippen molar-refractivity contribution in [3.63, 3.8) is 0 Å². The van der Waals surface area contributed by atoms with Crippen LogP contribution in [0.5, 0.6) is 0 Å². The summed E-state index contributed by atoms with van der Waals surface area (Å²) in [7, 11) is 0. The van der Waals surface area contributed by atoms with Crippen LogP contribution in [0, 0.1) is 141 Å². The van der Waals surface area contributed by atoms with E-state index in [0.29, 0.717) is 33.4 Å². The summed E-state index contributed by atoms with van der Waals surface area (Å²) < 4.78 is 101. The van der Waals surface area contributed by atoms with Gasteiger partial charge in [-0.2, -0.15) is 0 Å². The first-order valence-electron chi connectivity index (χ1n) is 21.6. The van der Waals surface area contributed by atoms with Gasteiger partial charge in [0.1, 0.15) is 34.9 Å². The molecule has 0 amide bonds. The summed E-state index contributed by atoms with van der Waals surface area (Å²) in [4.78, 5) is 0. The molecule has 0 bridgehead atoms. The molecule has 0 nitrogen and oxygen atoms in total. The zero-order valence-corrected chi connectivity index (χ0v) is 40.2. The van der Waals surface area contributed by atoms with E-state index in [0.717, 1.165) is 23.0 Å². The van der Waals surface area contributed by atoms with Gasteiger partial charge in [-0.25, -0.2) is 35.1 Å². The fourth-order valence-electron chi connectivity index (χ4n) is 5.75. The molecule has 64 heavy (non-hydrogen) atoms. The lowest BCUT2D eigenvalue weighted by Crippen LogP contribution is -2.08. The number of hydrogen-bond donors (Lipinski definition) is 0. The van der Waals surface area contributed by atoms with Crippen LogP contribution in [-0.2, 0) is 0 Å². The number of benzene rings is 6. The first-order valence-corrected chi connectivity index (χ1v) is 21.6. The van der Waals surface area contributed by atoms with Crippen LogP contribution in [0.15, 0.2) is 97.1 Å². The van der Waals surface area contributed by atoms with Crippen molar-refractivity contribution < 1.29 is 35.1 Å². The summed E-state index contributed by atoms with van der Waals surface area (Å²) in [6, 6.07) is 27.3. The van der Waals surface area contributed by atoms with E-state index in [1.54, 1.807) is 52.0 Å². The molecule has 6 aromatic rings. The molecule has 0 saturated heterocycles. The highest BCUT2D eigenvalue weighted by Gasteiger charge is 2.13. The third-order valence-corrected chi connectivity index (χ3v) is 10.5. The maximum absolute atomic E-state index is 12.6. The van der Waals surface area contributed by atoms with Crippen LogP contribution in [0.1, 0.15) is 106 Å². The van der Waals surface area contributed by atoms with Gasteiger partial charge in [-0.3, -0.25) is 0 Å². The lowest BCUT2D eigenvalue weighted by Gasteiger charge is -2.22. The SMILES string of the molecule is CC1CCC(C)CC1.Cc1cc(F)c(C)c(F)c1.Cc1cc(F)c(C)c(F)c1.Cc1ccc(C)c(F)c1.Cc1ccc(C)c(F)c1.Cc1ccc(C)c(F)c1F.Cc1ccc(C)cc1. The Bertz CT molecular complexity index is 2110. The van der Waals surface area contributed by atoms with Gasteiger partial charge in [0.05, 0.1) is 0 Å². The van der Waals surface area contributed by atoms with Crippen molar-refractivity contribution >= 4 is 0 Å². The Labute approximate surface area is 378 Å². The average Bonchev–Trinajstić information content (AvgIpc) is 3.23. The largest absolute Gasteiger partial charge is 0.207 e. The van der Waals surface area contributed by atoms with E-state index in [9.17, 15) is 35.1 Å². The Hall–Kier alpha value is -5.24. The van der Waals surface area contributed by atoms with Crippen LogP contribution >= 0.6 is 0 Å². The third kappa shape index (κ3) is 21.9. The molecular weight excluding hydrogens is 825 g/mol. The Morgan fingerprint density at radius 2 is 0.500 bits per heavy atom. The predicted octanol–water partition coefficient (Wildman–Crippen LogP) is 17.8. The van der Waals surface area contributed by atoms with Crippen molar-refractivity contribution in [1.82, 2.24) is 0 Å². The van der Waals surface area contributed by atoms with Gasteiger partial charge in [-0.05, 0) is 176 Å². The molecule has 1 saturated carbocycles. The number of rotatable bonds is 0. The van der Waals surface area contributed by atoms with Crippen LogP contribution < -0.4 is 0 Å². The Balaban J connectivity index is 0.000000374. The minimum absolute atomic E-state index is 0.0885. The monoisotopic (exact) mass is 893 g/mol. The molecule has 0 atom stereocenters. The second kappa shape index (κ2) is 28.5. The highest BCUT2D eigenvalue weighted by molar-refractivity contribution is 5.26. The van der Waals surface area contributed by atoms with E-state index in [2.05, 4.69) is 52.0 Å². The van der Waals surface area contributed by atoms with Crippen molar-refractivity contribution in [2.24, 2.45) is 11.8 Å². The Morgan fingerprint density at radius 3 is 0.734 bits per heavy atom. The Kier molecular flexibility index (Phi) is 25.3. The van der Waals surface area contributed by atoms with Gasteiger partial charge < -0.3 is 0 Å². The van der Waals surface area contributed by atoms with Crippen molar-refractivity contribution in [2.75, 3.05) is 0 Å². The summed E-state index contributed by atoms with van der Waals surface area (Å²) in [6.07, 6.45) is 5.89. The molecule has 0 unspecified atom stereocenters. The van der Waals surface area contributed by atoms with E-state index in [4.69, 9.17) is 0 Å². The number of halogens is 8. The van der Waals surface area contributed by atoms with Gasteiger partial charge in [-0.15, -0.1) is 0 Å². The maximum atomic E-state index is 12.6. The molecule has 0 aliphatic heterocycles. The molecule has 1 fully saturated rings. The van der Waals surface area contributed by atoms with Gasteiger partial charge >= 0.3 is 0 Å². The number of aryl methyl sites for hydroxylation is 10. The zero-order valence-electron chi connectivity index (χ0n) is 40.2. The lowest BCUT2D eigenvalue weighted by molar-refractivity contribution is 0.308. The van der Waals surface area contributed by atoms with Crippen LogP contribution in [0.2, 0.25) is 0 Å². The number of hydrogen-bond acceptors (Lipinski definition) is 0. The Morgan fingerprint density at radius 1 is 0.281 bits per heavy atom. The summed E-state index contributed by atoms with van der Waals surface area (Å²) in [5.41, 5.74) is 8.12. The lowest BCUT2D eigenvalue weighted by atomic mass is 9.84. The highest BCUT2D eigenvalue weighted by atomic mass is 19.2. The van der Waals surface area contributed by atoms with E-state index in [1.165, 1.54) is 101 Å². The molecule has 348 valence electrons. The van der Waals surface area contributed by atoms with Gasteiger partial charge in [0.15, 0.2) is 11.6 Å². The first kappa shape index (κ1) is 56.8. The topological polar surface area (TPSA) is 0 Å². The molecule has 0 spiro atoms. The third-order valence-electron chi connectivity index (χ3n) is 10.5. The van der Waals surface area contributed by atoms with E-state index in [1.807, 2.05) is 26.0 Å². The summed E-state index contributed by atoms with van der Waals surface area (Å²) in [5, 5.41) is 0. The predicted molar refractivity (Wildman–Crippen MR) is 252 cm³/mol. The van der Waals surface area contributed by atoms with Crippen molar-refractivity contribution in [2.45, 2.75) is 123 Å². The molecule has 1 aliphatic rings. The van der Waals surface area contributed by atoms with Crippen LogP contribution in [-0.4, -0.2) is 0 Å². The molecule has 0 N–H and O–H groups in total. The van der Waals surface area contributed by atoms with Crippen molar-refractivity contribution in [3.8, 4) is 0 Å². The van der Waals surface area contributed by atoms with Gasteiger partial charge in [-0.1, -0.05) is 111 Å². The van der Waals surface area contributed by atoms with E-state index >= 15 is 0 Å². The minimum atomic E-state index is -0.736. The summed E-state index contributed by atoms with van der Waals surface area (Å²) in [5.74, 6) is -1.56. The quantitative estimate of drug-likeness (QED) is 0.133. The normalized spacial score (nSPS) is 13.5. The fraction of sp³-hybridized carbons (Fsp3) is 0.357. The molecule has 1 aliphatic carbocycles. The minimum Gasteiger partial charge on any atom is -0.207 e. The fourth-order valence-corrected chi connectivity index (χ4v) is 5.75. The average molecular weight is 893 g/mol. The summed E-state index contributed by atoms with van der Waals surface area (Å²) >= 11 is 0. The van der Waals surface area contributed by atoms with Crippen molar-refractivity contribution in [3.05, 3.63) is 210 Å². The molecule has 8 heteroatoms. The van der Waals surface area contributed by atoms with Crippen LogP contribution in [0.4, 0.5) is 35.1 Å². The van der Waals surface area contributed by atoms with Crippen LogP contribution in [0.25, 0.3) is 0 Å². The molecule has 0 radical (unpaired) electrons. The molecule has 6 aromatic carbocycles. The standard InChI is InChI=1S/3C8H8F2.2C8H9F.C8H16.C8H10/c2*1-5-3-7(9)6(2)8(10)4-5;1-5-3-4-6(2)8(10)7(5)9;2*1-6-3-4-7(2)8(9)5-6;2*1-7-3-5-8(2)6-4-7/h3*3-4H,1-2H3;2*3-5H,1-2H3;7-8H,3-6H2,1-2H3;3-6H,1-2H3. The van der Waals surface area contributed by atoms with Crippen molar-refractivity contribution in [1.29, 1.82) is 0 Å². The van der Waals surface area contributed by atoms with E-state index in [-0.39, 0.29) is 22.8 Å². The second-order valence-corrected chi connectivity index (χ2v) is 17.1. The highest BCUT2D eigenvalue weighted by Crippen LogP contribution is 2.27. The molecule has 7 rings (SSSR count). The second-order valence-electron chi connectivity index (χ2n) is 17.1. The molecule has 0 aromatic heterocycles. The smallest absolute Gasteiger partial charge is 0.161 e. The zero-order chi connectivity index (χ0) is 48.8. The summed E-state index contributed by atoms with van der Waals surface area (Å²) in [6.45, 7) is 25.4. The maximum Gasteiger partial charge on any atom is 0.161 e. The molecule has 0 heterocycles. The van der Waals surface area contributed by atoms with Gasteiger partial charge in [0.25, 0.3) is 0 Å². The van der Waals surface area contributed by atoms with Crippen LogP contribution in [0.3, 0.4) is 0 Å². The first-order chi connectivity index (χ1) is 29.8. The van der Waals surface area contributed by atoms with Gasteiger partial charge in [0, 0.05) is 11.1 Å². The van der Waals surface area contributed by atoms with Gasteiger partial charge in [0.2, 0.25) is 0 Å². The van der Waals surface area contributed by atoms with E-state index < -0.39 is 34.9 Å². The molecular formula is C56H68F8.